The van der Waals surface area contributed by atoms with Crippen LogP contribution in [0.3, 0.4) is 0 Å². The van der Waals surface area contributed by atoms with Crippen LogP contribution in [0.5, 0.6) is 28.7 Å². The second-order valence-electron chi connectivity index (χ2n) is 13.7. The number of carbonyl (C=O) groups excluding carboxylic acids is 2. The van der Waals surface area contributed by atoms with Crippen molar-refractivity contribution < 1.29 is 57.1 Å². The third-order valence-electron chi connectivity index (χ3n) is 8.84. The molecule has 10 rings (SSSR count). The predicted molar refractivity (Wildman–Crippen MR) is 260 cm³/mol. The number of halogens is 1. The van der Waals surface area contributed by atoms with E-state index in [-0.39, 0.29) is 30.6 Å². The van der Waals surface area contributed by atoms with Crippen LogP contribution >= 0.6 is 15.9 Å². The van der Waals surface area contributed by atoms with Gasteiger partial charge in [0.2, 0.25) is 34.9 Å². The molecular formula is C47H41BrN14O12. The van der Waals surface area contributed by atoms with Crippen molar-refractivity contribution in [1.82, 2.24) is 69.8 Å². The molecule has 2 N–H and O–H groups in total. The fourth-order valence-electron chi connectivity index (χ4n) is 5.25. The molecule has 0 aliphatic carbocycles. The maximum atomic E-state index is 10.8. The molecule has 10 aromatic heterocycles. The van der Waals surface area contributed by atoms with E-state index in [1.807, 2.05) is 18.2 Å². The highest BCUT2D eigenvalue weighted by atomic mass is 79.9. The number of methoxy groups -OCH3 is 5. The number of aliphatic hydroxyl groups excluding tert-OH is 1. The summed E-state index contributed by atoms with van der Waals surface area (Å²) in [6.07, 6.45) is 21.6. The fourth-order valence-corrected chi connectivity index (χ4v) is 5.45. The molecule has 0 unspecified atom stereocenters. The molecule has 0 aromatic carbocycles. The lowest BCUT2D eigenvalue weighted by Crippen LogP contribution is -2.06. The number of aromatic hydroxyl groups is 1. The van der Waals surface area contributed by atoms with Crippen LogP contribution in [0, 0.1) is 0 Å². The summed E-state index contributed by atoms with van der Waals surface area (Å²) in [6, 6.07) is 10.6. The number of nitrogens with zero attached hydrogens (tertiary/aromatic N) is 14. The van der Waals surface area contributed by atoms with E-state index in [1.165, 1.54) is 77.9 Å². The van der Waals surface area contributed by atoms with Gasteiger partial charge in [-0.2, -0.15) is 0 Å². The minimum Gasteiger partial charge on any atom is -0.506 e. The Balaban J connectivity index is 0.000000159. The Morgan fingerprint density at radius 1 is 0.541 bits per heavy atom. The molecule has 0 saturated heterocycles. The van der Waals surface area contributed by atoms with Gasteiger partial charge in [0.25, 0.3) is 0 Å². The zero-order valence-corrected chi connectivity index (χ0v) is 41.2. The molecule has 0 spiro atoms. The molecule has 0 aliphatic heterocycles. The number of pyridine rings is 4. The molecule has 10 heterocycles. The van der Waals surface area contributed by atoms with Crippen molar-refractivity contribution in [3.05, 3.63) is 151 Å². The van der Waals surface area contributed by atoms with E-state index in [1.54, 1.807) is 62.6 Å². The van der Waals surface area contributed by atoms with Crippen molar-refractivity contribution in [2.75, 3.05) is 35.5 Å². The molecule has 0 fully saturated rings. The van der Waals surface area contributed by atoms with Crippen LogP contribution in [-0.4, -0.2) is 127 Å². The molecule has 27 heteroatoms. The second kappa shape index (κ2) is 27.6. The number of esters is 2. The van der Waals surface area contributed by atoms with Crippen LogP contribution in [0.2, 0.25) is 0 Å². The molecule has 0 atom stereocenters. The minimum absolute atomic E-state index is 0.0262. The second-order valence-corrected chi connectivity index (χ2v) is 14.6. The molecule has 10 aromatic rings. The molecule has 26 nitrogen and oxygen atoms in total. The first-order valence-corrected chi connectivity index (χ1v) is 21.8. The van der Waals surface area contributed by atoms with Crippen molar-refractivity contribution >= 4 is 50.3 Å². The number of hydrogen-bond acceptors (Lipinski definition) is 26. The van der Waals surface area contributed by atoms with Crippen LogP contribution in [-0.2, 0) is 22.7 Å². The van der Waals surface area contributed by atoms with Crippen molar-refractivity contribution in [1.29, 1.82) is 0 Å². The van der Waals surface area contributed by atoms with Gasteiger partial charge in [-0.05, 0) is 40.2 Å². The average molecular weight is 1070 g/mol. The number of oxazole rings is 2. The van der Waals surface area contributed by atoms with Crippen molar-refractivity contribution in [3.8, 4) is 51.7 Å². The van der Waals surface area contributed by atoms with Gasteiger partial charge in [-0.1, -0.05) is 0 Å². The van der Waals surface area contributed by atoms with Gasteiger partial charge < -0.3 is 47.5 Å². The summed E-state index contributed by atoms with van der Waals surface area (Å²) in [7, 11) is 7.16. The van der Waals surface area contributed by atoms with Gasteiger partial charge in [0.1, 0.15) is 35.7 Å². The SMILES string of the molecule is COC(=O)c1ncc(Br)cn1.COC(=O)c1ncc(OC)cn1.COc1cnc(CO)nc1.COc1cnc(COc2cnc3oc(-c4cccnc4)nc3c2)nc1.Oc1cnc2oc(-c3cccnc3)nc2c1. The molecule has 74 heavy (non-hydrogen) atoms. The maximum Gasteiger partial charge on any atom is 0.376 e. The van der Waals surface area contributed by atoms with E-state index in [0.29, 0.717) is 68.9 Å². The van der Waals surface area contributed by atoms with Gasteiger partial charge in [-0.25, -0.2) is 69.4 Å². The first kappa shape index (κ1) is 53.6. The Labute approximate surface area is 427 Å². The Morgan fingerprint density at radius 2 is 0.973 bits per heavy atom. The third-order valence-corrected chi connectivity index (χ3v) is 9.25. The van der Waals surface area contributed by atoms with Crippen molar-refractivity contribution in [2.24, 2.45) is 0 Å². The monoisotopic (exact) mass is 1070 g/mol. The summed E-state index contributed by atoms with van der Waals surface area (Å²) in [5.41, 5.74) is 3.53. The minimum atomic E-state index is -0.558. The normalized spacial score (nSPS) is 10.1. The van der Waals surface area contributed by atoms with Crippen LogP contribution in [0.25, 0.3) is 45.4 Å². The van der Waals surface area contributed by atoms with E-state index in [9.17, 15) is 14.7 Å². The van der Waals surface area contributed by atoms with Crippen molar-refractivity contribution in [3.63, 3.8) is 0 Å². The van der Waals surface area contributed by atoms with Gasteiger partial charge in [0.05, 0.1) is 101 Å². The fraction of sp³-hybridized carbons (Fsp3) is 0.149. The molecule has 0 radical (unpaired) electrons. The molecule has 0 saturated carbocycles. The van der Waals surface area contributed by atoms with E-state index >= 15 is 0 Å². The quantitative estimate of drug-likeness (QED) is 0.142. The lowest BCUT2D eigenvalue weighted by molar-refractivity contribution is 0.0578. The molecule has 0 aliphatic rings. The Bertz CT molecular complexity index is 3290. The van der Waals surface area contributed by atoms with E-state index < -0.39 is 11.9 Å². The Kier molecular flexibility index (Phi) is 20.0. The van der Waals surface area contributed by atoms with Crippen molar-refractivity contribution in [2.45, 2.75) is 13.2 Å². The number of rotatable bonds is 11. The highest BCUT2D eigenvalue weighted by Crippen LogP contribution is 2.26. The van der Waals surface area contributed by atoms with Crippen LogP contribution in [0.4, 0.5) is 0 Å². The van der Waals surface area contributed by atoms with E-state index in [4.69, 9.17) is 32.9 Å². The largest absolute Gasteiger partial charge is 0.506 e. The van der Waals surface area contributed by atoms with Gasteiger partial charge in [0, 0.05) is 49.3 Å². The van der Waals surface area contributed by atoms with Crippen LogP contribution in [0.15, 0.2) is 136 Å². The zero-order chi connectivity index (χ0) is 52.7. The summed E-state index contributed by atoms with van der Waals surface area (Å²) in [5, 5.41) is 17.8. The summed E-state index contributed by atoms with van der Waals surface area (Å²) in [5.74, 6) is 3.17. The number of aromatic nitrogens is 14. The lowest BCUT2D eigenvalue weighted by Gasteiger charge is -2.04. The Morgan fingerprint density at radius 3 is 1.42 bits per heavy atom. The maximum absolute atomic E-state index is 10.8. The summed E-state index contributed by atoms with van der Waals surface area (Å²) >= 11 is 3.14. The number of fused-ring (bicyclic) bond motifs is 2. The molecular weight excluding hydrogens is 1030 g/mol. The smallest absolute Gasteiger partial charge is 0.376 e. The summed E-state index contributed by atoms with van der Waals surface area (Å²) < 4.78 is 40.9. The van der Waals surface area contributed by atoms with Gasteiger partial charge in [-0.3, -0.25) is 9.97 Å². The van der Waals surface area contributed by atoms with Gasteiger partial charge in [-0.15, -0.1) is 0 Å². The topological polar surface area (TPSA) is 337 Å². The molecule has 378 valence electrons. The van der Waals surface area contributed by atoms with E-state index in [0.717, 1.165) is 15.6 Å². The third kappa shape index (κ3) is 15.9. The first-order valence-electron chi connectivity index (χ1n) is 21.0. The first-order chi connectivity index (χ1) is 36.0. The number of ether oxygens (including phenoxy) is 6. The Hall–Kier alpha value is -9.76. The highest BCUT2D eigenvalue weighted by molar-refractivity contribution is 9.10. The zero-order valence-electron chi connectivity index (χ0n) is 39.6. The number of carbonyl (C=O) groups is 2. The van der Waals surface area contributed by atoms with Crippen LogP contribution in [0.1, 0.15) is 32.9 Å². The highest BCUT2D eigenvalue weighted by Gasteiger charge is 2.13. The molecule has 0 amide bonds. The predicted octanol–water partition coefficient (Wildman–Crippen LogP) is 5.93. The standard InChI is InChI=1S/C17H13N5O3.C11H7N3O2.C7H8N2O3.C6H5BrN2O2.C6H8N2O2/c1-23-13-8-19-15(20-9-13)10-24-12-5-14-17(21-7-12)25-16(22-14)11-3-2-4-18-6-11;15-8-4-9-11(13-6-8)16-10(14-9)7-2-1-3-12-5-7;1-11-5-3-8-6(9-4-5)7(10)12-2;1-11-6(10)5-8-2-4(7)3-9-5;1-10-5-2-7-6(4-9)8-3-5/h2-9H,10H2,1H3;1-6,15H;3-4H,1-2H3;2-3H,1H3;2-3,9H,4H2,1H3. The average Bonchev–Trinajstić information content (AvgIpc) is 4.10. The van der Waals surface area contributed by atoms with Gasteiger partial charge in [0.15, 0.2) is 28.9 Å². The summed E-state index contributed by atoms with van der Waals surface area (Å²) in [4.78, 5) is 77.1. The number of hydrogen-bond donors (Lipinski definition) is 2. The van der Waals surface area contributed by atoms with E-state index in [2.05, 4.69) is 95.2 Å². The summed E-state index contributed by atoms with van der Waals surface area (Å²) in [6.45, 7) is 0.0779. The lowest BCUT2D eigenvalue weighted by atomic mass is 10.3. The van der Waals surface area contributed by atoms with Gasteiger partial charge >= 0.3 is 11.9 Å². The van der Waals surface area contributed by atoms with Crippen LogP contribution < -0.4 is 18.9 Å². The molecule has 0 bridgehead atoms. The number of aliphatic hydroxyl groups is 1.